The number of nitrogens with one attached hydrogen (secondary N) is 1. The van der Waals surface area contributed by atoms with Crippen LogP contribution in [-0.2, 0) is 9.59 Å². The minimum absolute atomic E-state index is 0.0689. The average Bonchev–Trinajstić information content (AvgIpc) is 2.33. The van der Waals surface area contributed by atoms with Crippen LogP contribution in [0.1, 0.15) is 20.8 Å². The van der Waals surface area contributed by atoms with Crippen molar-refractivity contribution in [3.05, 3.63) is 29.3 Å². The number of halogens is 1. The maximum Gasteiger partial charge on any atom is 0.323 e. The lowest BCUT2D eigenvalue weighted by Crippen LogP contribution is -2.46. The minimum Gasteiger partial charge on any atom is -0.480 e. The summed E-state index contributed by atoms with van der Waals surface area (Å²) < 4.78 is 0. The van der Waals surface area contributed by atoms with Gasteiger partial charge in [-0.1, -0.05) is 11.6 Å². The third-order valence-corrected chi connectivity index (χ3v) is 2.75. The van der Waals surface area contributed by atoms with E-state index in [1.54, 1.807) is 24.3 Å². The largest absolute Gasteiger partial charge is 0.480 e. The molecule has 0 aliphatic rings. The zero-order valence-corrected chi connectivity index (χ0v) is 12.6. The Morgan fingerprint density at radius 3 is 2.25 bits per heavy atom. The van der Waals surface area contributed by atoms with Crippen molar-refractivity contribution in [1.29, 1.82) is 0 Å². The van der Waals surface area contributed by atoms with E-state index in [0.29, 0.717) is 10.7 Å². The lowest BCUT2D eigenvalue weighted by atomic mass is 10.1. The molecule has 0 fully saturated rings. The number of aliphatic carboxylic acids is 1. The van der Waals surface area contributed by atoms with Gasteiger partial charge in [0.2, 0.25) is 5.91 Å². The maximum absolute atomic E-state index is 12.2. The number of carbonyl (C=O) groups excluding carboxylic acids is 1. The maximum atomic E-state index is 12.2. The van der Waals surface area contributed by atoms with Crippen LogP contribution in [0.2, 0.25) is 5.02 Å². The predicted molar refractivity (Wildman–Crippen MR) is 79.2 cm³/mol. The Hall–Kier alpha value is -1.59. The molecule has 0 saturated heterocycles. The number of anilines is 1. The molecule has 0 atom stereocenters. The second-order valence-electron chi connectivity index (χ2n) is 5.45. The van der Waals surface area contributed by atoms with E-state index < -0.39 is 5.97 Å². The molecule has 0 aliphatic carbocycles. The van der Waals surface area contributed by atoms with Gasteiger partial charge in [-0.05, 0) is 45.0 Å². The summed E-state index contributed by atoms with van der Waals surface area (Å²) in [5.41, 5.74) is 0.294. The van der Waals surface area contributed by atoms with Gasteiger partial charge in [-0.25, -0.2) is 0 Å². The van der Waals surface area contributed by atoms with Gasteiger partial charge >= 0.3 is 5.97 Å². The quantitative estimate of drug-likeness (QED) is 0.874. The Bertz CT molecular complexity index is 480. The van der Waals surface area contributed by atoms with Gasteiger partial charge < -0.3 is 15.3 Å². The van der Waals surface area contributed by atoms with Crippen molar-refractivity contribution >= 4 is 29.2 Å². The van der Waals surface area contributed by atoms with Gasteiger partial charge in [0.25, 0.3) is 0 Å². The smallest absolute Gasteiger partial charge is 0.323 e. The molecule has 0 aliphatic heterocycles. The van der Waals surface area contributed by atoms with Gasteiger partial charge in [-0.2, -0.15) is 0 Å². The standard InChI is InChI=1S/C14H19ClN2O3/c1-14(2,3)16-8-12(18)17(9-13(19)20)11-6-4-10(15)5-7-11/h4-7,16H,8-9H2,1-3H3,(H,19,20). The first-order chi connectivity index (χ1) is 9.19. The van der Waals surface area contributed by atoms with Crippen molar-refractivity contribution in [3.8, 4) is 0 Å². The fraction of sp³-hybridized carbons (Fsp3) is 0.429. The highest BCUT2D eigenvalue weighted by atomic mass is 35.5. The van der Waals surface area contributed by atoms with Crippen molar-refractivity contribution in [2.24, 2.45) is 0 Å². The number of benzene rings is 1. The lowest BCUT2D eigenvalue weighted by Gasteiger charge is -2.25. The third-order valence-electron chi connectivity index (χ3n) is 2.50. The summed E-state index contributed by atoms with van der Waals surface area (Å²) in [4.78, 5) is 24.3. The van der Waals surface area contributed by atoms with Crippen LogP contribution >= 0.6 is 11.6 Å². The molecule has 0 aromatic heterocycles. The van der Waals surface area contributed by atoms with Crippen LogP contribution in [0, 0.1) is 0 Å². The van der Waals surface area contributed by atoms with E-state index in [1.807, 2.05) is 20.8 Å². The van der Waals surface area contributed by atoms with Crippen molar-refractivity contribution in [2.75, 3.05) is 18.0 Å². The van der Waals surface area contributed by atoms with E-state index in [4.69, 9.17) is 16.7 Å². The highest BCUT2D eigenvalue weighted by Gasteiger charge is 2.20. The van der Waals surface area contributed by atoms with E-state index in [0.717, 1.165) is 0 Å². The Morgan fingerprint density at radius 1 is 1.25 bits per heavy atom. The Morgan fingerprint density at radius 2 is 1.80 bits per heavy atom. The molecule has 20 heavy (non-hydrogen) atoms. The summed E-state index contributed by atoms with van der Waals surface area (Å²) in [6, 6.07) is 6.49. The second kappa shape index (κ2) is 6.72. The fourth-order valence-electron chi connectivity index (χ4n) is 1.52. The summed E-state index contributed by atoms with van der Waals surface area (Å²) in [6.07, 6.45) is 0. The van der Waals surface area contributed by atoms with Gasteiger partial charge in [-0.15, -0.1) is 0 Å². The summed E-state index contributed by atoms with van der Waals surface area (Å²) in [5, 5.41) is 12.5. The number of rotatable bonds is 5. The molecule has 0 heterocycles. The molecule has 110 valence electrons. The molecule has 6 heteroatoms. The van der Waals surface area contributed by atoms with Gasteiger partial charge in [0.15, 0.2) is 0 Å². The number of carboxylic acid groups (broad SMARTS) is 1. The first kappa shape index (κ1) is 16.5. The number of hydrogen-bond acceptors (Lipinski definition) is 3. The molecule has 0 saturated carbocycles. The van der Waals surface area contributed by atoms with Crippen molar-refractivity contribution in [1.82, 2.24) is 5.32 Å². The van der Waals surface area contributed by atoms with Crippen molar-refractivity contribution in [2.45, 2.75) is 26.3 Å². The number of carboxylic acids is 1. The van der Waals surface area contributed by atoms with Gasteiger partial charge in [0.05, 0.1) is 6.54 Å². The van der Waals surface area contributed by atoms with E-state index in [1.165, 1.54) is 4.90 Å². The molecule has 0 radical (unpaired) electrons. The molecular formula is C14H19ClN2O3. The van der Waals surface area contributed by atoms with Crippen LogP contribution in [-0.4, -0.2) is 35.6 Å². The first-order valence-corrected chi connectivity index (χ1v) is 6.59. The summed E-state index contributed by atoms with van der Waals surface area (Å²) >= 11 is 5.79. The lowest BCUT2D eigenvalue weighted by molar-refractivity contribution is -0.136. The van der Waals surface area contributed by atoms with Crippen LogP contribution in [0.3, 0.4) is 0 Å². The Labute approximate surface area is 123 Å². The number of amides is 1. The van der Waals surface area contributed by atoms with Gasteiger partial charge in [0.1, 0.15) is 6.54 Å². The Balaban J connectivity index is 2.86. The van der Waals surface area contributed by atoms with Crippen LogP contribution in [0.15, 0.2) is 24.3 Å². The van der Waals surface area contributed by atoms with Crippen molar-refractivity contribution < 1.29 is 14.7 Å². The first-order valence-electron chi connectivity index (χ1n) is 6.22. The topological polar surface area (TPSA) is 69.6 Å². The molecule has 1 amide bonds. The highest BCUT2D eigenvalue weighted by Crippen LogP contribution is 2.18. The van der Waals surface area contributed by atoms with Crippen molar-refractivity contribution in [3.63, 3.8) is 0 Å². The SMILES string of the molecule is CC(C)(C)NCC(=O)N(CC(=O)O)c1ccc(Cl)cc1. The molecule has 0 unspecified atom stereocenters. The summed E-state index contributed by atoms with van der Waals surface area (Å²) in [6.45, 7) is 5.49. The van der Waals surface area contributed by atoms with E-state index in [2.05, 4.69) is 5.32 Å². The zero-order chi connectivity index (χ0) is 15.3. The average molecular weight is 299 g/mol. The normalized spacial score (nSPS) is 11.2. The van der Waals surface area contributed by atoms with Crippen LogP contribution < -0.4 is 10.2 Å². The van der Waals surface area contributed by atoms with Crippen LogP contribution in [0.4, 0.5) is 5.69 Å². The molecule has 1 rings (SSSR count). The molecule has 1 aromatic rings. The predicted octanol–water partition coefficient (Wildman–Crippen LogP) is 2.15. The summed E-state index contributed by atoms with van der Waals surface area (Å²) in [5.74, 6) is -1.37. The van der Waals surface area contributed by atoms with Gasteiger partial charge in [-0.3, -0.25) is 9.59 Å². The molecule has 1 aromatic carbocycles. The third kappa shape index (κ3) is 5.59. The number of hydrogen-bond donors (Lipinski definition) is 2. The van der Waals surface area contributed by atoms with Crippen LogP contribution in [0.5, 0.6) is 0 Å². The molecular weight excluding hydrogens is 280 g/mol. The van der Waals surface area contributed by atoms with Crippen LogP contribution in [0.25, 0.3) is 0 Å². The molecule has 5 nitrogen and oxygen atoms in total. The number of carbonyl (C=O) groups is 2. The highest BCUT2D eigenvalue weighted by molar-refractivity contribution is 6.30. The molecule has 0 bridgehead atoms. The second-order valence-corrected chi connectivity index (χ2v) is 5.89. The van der Waals surface area contributed by atoms with E-state index in [-0.39, 0.29) is 24.5 Å². The monoisotopic (exact) mass is 298 g/mol. The molecule has 0 spiro atoms. The molecule has 2 N–H and O–H groups in total. The number of nitrogens with zero attached hydrogens (tertiary/aromatic N) is 1. The zero-order valence-electron chi connectivity index (χ0n) is 11.8. The van der Waals surface area contributed by atoms with E-state index >= 15 is 0 Å². The minimum atomic E-state index is -1.07. The van der Waals surface area contributed by atoms with Gasteiger partial charge in [0, 0.05) is 16.2 Å². The van der Waals surface area contributed by atoms with E-state index in [9.17, 15) is 9.59 Å². The Kier molecular flexibility index (Phi) is 5.53. The summed E-state index contributed by atoms with van der Waals surface area (Å²) in [7, 11) is 0. The fourth-order valence-corrected chi connectivity index (χ4v) is 1.64.